The van der Waals surface area contributed by atoms with Crippen LogP contribution in [0.2, 0.25) is 0 Å². The molecule has 17 nitrogen and oxygen atoms in total. The second kappa shape index (κ2) is 73.6. The van der Waals surface area contributed by atoms with Crippen molar-refractivity contribution in [1.29, 1.82) is 0 Å². The molecule has 0 aliphatic carbocycles. The zero-order valence-corrected chi connectivity index (χ0v) is 68.0. The summed E-state index contributed by atoms with van der Waals surface area (Å²) in [6, 6.07) is 0. The number of aliphatic hydroxyl groups is 1. The minimum atomic E-state index is -4.96. The predicted molar refractivity (Wildman–Crippen MR) is 414 cm³/mol. The van der Waals surface area contributed by atoms with Crippen molar-refractivity contribution in [2.75, 3.05) is 39.6 Å². The molecule has 0 saturated heterocycles. The molecule has 0 aromatic carbocycles. The van der Waals surface area contributed by atoms with Crippen LogP contribution in [0, 0.1) is 11.8 Å². The SMILES string of the molecule is CCCCCCCCCCCCCCCCCCCCCC(=O)O[C@H](COC(=O)CCCCCCCCCCCCCCCCCCCC)COP(=O)(O)OC[C@@H](O)COP(=O)(O)OC[C@@H](COC(=O)CCCCCCCCCCC(C)C)OC(=O)CCCCCCCCCCCCC(C)C. The second-order valence-corrected chi connectivity index (χ2v) is 33.4. The summed E-state index contributed by atoms with van der Waals surface area (Å²) in [6.45, 7) is 9.60. The van der Waals surface area contributed by atoms with Crippen LogP contribution in [0.4, 0.5) is 0 Å². The molecule has 0 fully saturated rings. The van der Waals surface area contributed by atoms with Crippen molar-refractivity contribution in [2.24, 2.45) is 11.8 Å². The van der Waals surface area contributed by atoms with E-state index in [-0.39, 0.29) is 25.7 Å². The van der Waals surface area contributed by atoms with Crippen molar-refractivity contribution in [3.05, 3.63) is 0 Å². The molecule has 0 rings (SSSR count). The molecular formula is C82H160O17P2. The third kappa shape index (κ3) is 76.1. The van der Waals surface area contributed by atoms with Crippen LogP contribution in [0.1, 0.15) is 433 Å². The minimum absolute atomic E-state index is 0.106. The molecule has 3 N–H and O–H groups in total. The van der Waals surface area contributed by atoms with Gasteiger partial charge in [0.1, 0.15) is 19.3 Å². The lowest BCUT2D eigenvalue weighted by molar-refractivity contribution is -0.161. The van der Waals surface area contributed by atoms with Crippen LogP contribution in [-0.2, 0) is 65.4 Å². The Morgan fingerprint density at radius 2 is 0.455 bits per heavy atom. The van der Waals surface area contributed by atoms with Gasteiger partial charge in [-0.2, -0.15) is 0 Å². The number of aliphatic hydroxyl groups excluding tert-OH is 1. The Morgan fingerprint density at radius 3 is 0.673 bits per heavy atom. The Balaban J connectivity index is 5.24. The van der Waals surface area contributed by atoms with E-state index in [1.165, 1.54) is 250 Å². The largest absolute Gasteiger partial charge is 0.472 e. The molecule has 0 aromatic rings. The number of hydrogen-bond acceptors (Lipinski definition) is 15. The molecule has 0 saturated carbocycles. The Bertz CT molecular complexity index is 1940. The van der Waals surface area contributed by atoms with Gasteiger partial charge in [0.05, 0.1) is 26.4 Å². The molecule has 0 aliphatic heterocycles. The molecular weight excluding hydrogens is 1320 g/mol. The Morgan fingerprint density at radius 1 is 0.267 bits per heavy atom. The van der Waals surface area contributed by atoms with Gasteiger partial charge in [0.2, 0.25) is 0 Å². The maximum atomic E-state index is 13.1. The van der Waals surface area contributed by atoms with E-state index in [0.717, 1.165) is 102 Å². The van der Waals surface area contributed by atoms with Crippen LogP contribution in [0.15, 0.2) is 0 Å². The summed E-state index contributed by atoms with van der Waals surface area (Å²) in [5.41, 5.74) is 0. The smallest absolute Gasteiger partial charge is 0.462 e. The molecule has 0 aromatic heterocycles. The summed E-state index contributed by atoms with van der Waals surface area (Å²) < 4.78 is 68.8. The Hall–Kier alpha value is -1.94. The number of phosphoric ester groups is 2. The second-order valence-electron chi connectivity index (χ2n) is 30.5. The number of phosphoric acid groups is 2. The Labute approximate surface area is 619 Å². The lowest BCUT2D eigenvalue weighted by Crippen LogP contribution is -2.30. The fourth-order valence-electron chi connectivity index (χ4n) is 12.7. The van der Waals surface area contributed by atoms with E-state index < -0.39 is 97.5 Å². The van der Waals surface area contributed by atoms with Crippen molar-refractivity contribution in [3.63, 3.8) is 0 Å². The van der Waals surface area contributed by atoms with E-state index in [1.54, 1.807) is 0 Å². The number of unbranched alkanes of at least 4 members (excludes halogenated alkanes) is 51. The van der Waals surface area contributed by atoms with Crippen molar-refractivity contribution in [2.45, 2.75) is 452 Å². The summed E-state index contributed by atoms with van der Waals surface area (Å²) >= 11 is 0. The summed E-state index contributed by atoms with van der Waals surface area (Å²) in [7, 11) is -9.92. The number of hydrogen-bond donors (Lipinski definition) is 3. The Kier molecular flexibility index (Phi) is 72.2. The molecule has 0 spiro atoms. The standard InChI is InChI=1S/C82H160O17P2/c1-7-9-11-13-15-17-19-21-23-25-27-29-31-33-35-40-48-54-60-66-81(86)98-77(70-92-79(84)64-58-52-46-39-34-32-30-28-26-24-22-20-18-16-14-12-10-8-2)72-96-100(88,89)94-68-76(83)69-95-101(90,91)97-73-78(71-93-80(85)65-59-53-47-43-42-45-51-57-63-75(5)6)99-82(87)67-61-55-49-41-37-36-38-44-50-56-62-74(3)4/h74-78,83H,7-73H2,1-6H3,(H,88,89)(H,90,91)/t76-,77-,78-/m1/s1. The van der Waals surface area contributed by atoms with E-state index in [2.05, 4.69) is 41.5 Å². The molecule has 0 heterocycles. The van der Waals surface area contributed by atoms with Gasteiger partial charge in [0, 0.05) is 25.7 Å². The minimum Gasteiger partial charge on any atom is -0.462 e. The number of ether oxygens (including phenoxy) is 4. The average Bonchev–Trinajstić information content (AvgIpc) is 1.01. The monoisotopic (exact) mass is 1480 g/mol. The number of rotatable bonds is 81. The van der Waals surface area contributed by atoms with Gasteiger partial charge in [0.25, 0.3) is 0 Å². The van der Waals surface area contributed by atoms with Crippen molar-refractivity contribution in [1.82, 2.24) is 0 Å². The molecule has 0 bridgehead atoms. The maximum Gasteiger partial charge on any atom is 0.472 e. The van der Waals surface area contributed by atoms with Gasteiger partial charge in [-0.25, -0.2) is 9.13 Å². The van der Waals surface area contributed by atoms with Crippen LogP contribution in [-0.4, -0.2) is 96.7 Å². The van der Waals surface area contributed by atoms with E-state index in [1.807, 2.05) is 0 Å². The van der Waals surface area contributed by atoms with Crippen LogP contribution in [0.5, 0.6) is 0 Å². The van der Waals surface area contributed by atoms with Gasteiger partial charge >= 0.3 is 39.5 Å². The fourth-order valence-corrected chi connectivity index (χ4v) is 14.3. The van der Waals surface area contributed by atoms with Gasteiger partial charge in [-0.1, -0.05) is 382 Å². The first-order valence-corrected chi connectivity index (χ1v) is 45.5. The fraction of sp³-hybridized carbons (Fsp3) is 0.951. The lowest BCUT2D eigenvalue weighted by atomic mass is 10.0. The van der Waals surface area contributed by atoms with Gasteiger partial charge in [-0.15, -0.1) is 0 Å². The maximum absolute atomic E-state index is 13.1. The number of carbonyl (C=O) groups excluding carboxylic acids is 4. The molecule has 0 aliphatic rings. The van der Waals surface area contributed by atoms with Crippen molar-refractivity contribution >= 4 is 39.5 Å². The average molecular weight is 1480 g/mol. The summed E-state index contributed by atoms with van der Waals surface area (Å²) in [6.07, 6.45) is 63.9. The molecule has 5 atom stereocenters. The van der Waals surface area contributed by atoms with Gasteiger partial charge in [-0.05, 0) is 37.5 Å². The highest BCUT2D eigenvalue weighted by molar-refractivity contribution is 7.47. The predicted octanol–water partition coefficient (Wildman–Crippen LogP) is 24.7. The number of esters is 4. The van der Waals surface area contributed by atoms with Crippen LogP contribution in [0.25, 0.3) is 0 Å². The molecule has 0 radical (unpaired) electrons. The van der Waals surface area contributed by atoms with Crippen molar-refractivity contribution < 1.29 is 80.2 Å². The first-order chi connectivity index (χ1) is 48.9. The molecule has 600 valence electrons. The molecule has 19 heteroatoms. The summed E-state index contributed by atoms with van der Waals surface area (Å²) in [4.78, 5) is 73.1. The van der Waals surface area contributed by atoms with Gasteiger partial charge in [-0.3, -0.25) is 37.3 Å². The molecule has 0 amide bonds. The normalized spacial score (nSPS) is 13.9. The molecule has 101 heavy (non-hydrogen) atoms. The van der Waals surface area contributed by atoms with Crippen LogP contribution < -0.4 is 0 Å². The van der Waals surface area contributed by atoms with Gasteiger partial charge < -0.3 is 33.8 Å². The molecule has 2 unspecified atom stereocenters. The van der Waals surface area contributed by atoms with E-state index in [4.69, 9.17) is 37.0 Å². The van der Waals surface area contributed by atoms with E-state index in [9.17, 15) is 43.2 Å². The highest BCUT2D eigenvalue weighted by atomic mass is 31.2. The highest BCUT2D eigenvalue weighted by Gasteiger charge is 2.30. The summed E-state index contributed by atoms with van der Waals surface area (Å²) in [5.74, 6) is -0.630. The zero-order valence-electron chi connectivity index (χ0n) is 66.2. The summed E-state index contributed by atoms with van der Waals surface area (Å²) in [5, 5.41) is 10.6. The van der Waals surface area contributed by atoms with Crippen LogP contribution in [0.3, 0.4) is 0 Å². The first kappa shape index (κ1) is 99.1. The van der Waals surface area contributed by atoms with E-state index >= 15 is 0 Å². The number of carbonyl (C=O) groups is 4. The van der Waals surface area contributed by atoms with Crippen molar-refractivity contribution in [3.8, 4) is 0 Å². The topological polar surface area (TPSA) is 237 Å². The zero-order chi connectivity index (χ0) is 74.2. The highest BCUT2D eigenvalue weighted by Crippen LogP contribution is 2.45. The third-order valence-corrected chi connectivity index (χ3v) is 21.1. The van der Waals surface area contributed by atoms with Gasteiger partial charge in [0.15, 0.2) is 12.2 Å². The lowest BCUT2D eigenvalue weighted by Gasteiger charge is -2.21. The van der Waals surface area contributed by atoms with Crippen LogP contribution >= 0.6 is 15.6 Å². The quantitative estimate of drug-likeness (QED) is 0.0222. The van der Waals surface area contributed by atoms with E-state index in [0.29, 0.717) is 25.7 Å². The third-order valence-electron chi connectivity index (χ3n) is 19.2. The first-order valence-electron chi connectivity index (χ1n) is 42.5.